The van der Waals surface area contributed by atoms with Gasteiger partial charge in [0.05, 0.1) is 24.3 Å². The van der Waals surface area contributed by atoms with Crippen molar-refractivity contribution in [3.63, 3.8) is 0 Å². The highest BCUT2D eigenvalue weighted by Crippen LogP contribution is 2.51. The lowest BCUT2D eigenvalue weighted by molar-refractivity contribution is -0.115. The SMILES string of the molecule is COc1ccccc1C(=O)N1CC[C@]2(O)CCCC[C@@H]2[C@@H]1c1ccc2c(c1)OCO2. The van der Waals surface area contributed by atoms with E-state index in [1.807, 2.05) is 41.3 Å². The monoisotopic (exact) mass is 409 g/mol. The second kappa shape index (κ2) is 7.51. The van der Waals surface area contributed by atoms with Gasteiger partial charge in [0.2, 0.25) is 6.79 Å². The lowest BCUT2D eigenvalue weighted by Gasteiger charge is -2.52. The Morgan fingerprint density at radius 3 is 2.83 bits per heavy atom. The summed E-state index contributed by atoms with van der Waals surface area (Å²) in [6.45, 7) is 0.712. The molecule has 0 spiro atoms. The van der Waals surface area contributed by atoms with Crippen molar-refractivity contribution in [2.75, 3.05) is 20.4 Å². The average Bonchev–Trinajstić information content (AvgIpc) is 3.25. The van der Waals surface area contributed by atoms with Gasteiger partial charge in [-0.25, -0.2) is 0 Å². The molecule has 5 rings (SSSR count). The molecule has 2 fully saturated rings. The van der Waals surface area contributed by atoms with Crippen LogP contribution in [0.4, 0.5) is 0 Å². The molecule has 1 saturated heterocycles. The number of piperidine rings is 1. The number of methoxy groups -OCH3 is 1. The van der Waals surface area contributed by atoms with Crippen molar-refractivity contribution in [3.8, 4) is 17.2 Å². The van der Waals surface area contributed by atoms with Crippen LogP contribution >= 0.6 is 0 Å². The van der Waals surface area contributed by atoms with Gasteiger partial charge < -0.3 is 24.2 Å². The number of aliphatic hydroxyl groups is 1. The molecule has 0 radical (unpaired) electrons. The summed E-state index contributed by atoms with van der Waals surface area (Å²) in [5.74, 6) is 1.90. The Kier molecular flexibility index (Phi) is 4.82. The molecule has 2 aromatic rings. The highest BCUT2D eigenvalue weighted by molar-refractivity contribution is 5.97. The van der Waals surface area contributed by atoms with Crippen LogP contribution in [0.2, 0.25) is 0 Å². The Morgan fingerprint density at radius 2 is 1.97 bits per heavy atom. The summed E-state index contributed by atoms with van der Waals surface area (Å²) in [4.78, 5) is 15.6. The predicted molar refractivity (Wildman–Crippen MR) is 111 cm³/mol. The van der Waals surface area contributed by atoms with Crippen molar-refractivity contribution >= 4 is 5.91 Å². The van der Waals surface area contributed by atoms with Gasteiger partial charge >= 0.3 is 0 Å². The zero-order chi connectivity index (χ0) is 20.7. The van der Waals surface area contributed by atoms with Crippen LogP contribution in [-0.2, 0) is 0 Å². The number of benzene rings is 2. The zero-order valence-corrected chi connectivity index (χ0v) is 17.2. The second-order valence-corrected chi connectivity index (χ2v) is 8.46. The molecule has 1 saturated carbocycles. The predicted octanol–water partition coefficient (Wildman–Crippen LogP) is 3.93. The summed E-state index contributed by atoms with van der Waals surface area (Å²) in [7, 11) is 1.58. The molecule has 2 aromatic carbocycles. The molecule has 0 unspecified atom stereocenters. The fraction of sp³-hybridized carbons (Fsp3) is 0.458. The van der Waals surface area contributed by atoms with Gasteiger partial charge in [-0.3, -0.25) is 4.79 Å². The molecule has 0 bridgehead atoms. The standard InChI is InChI=1S/C24H27NO5/c1-28-19-8-3-2-6-17(19)23(26)25-13-12-24(27)11-5-4-7-18(24)22(25)16-9-10-20-21(14-16)30-15-29-20/h2-3,6,8-10,14,18,22,27H,4-5,7,11-13,15H2,1H3/t18-,22+,24-/m1/s1. The smallest absolute Gasteiger partial charge is 0.258 e. The van der Waals surface area contributed by atoms with Gasteiger partial charge in [-0.15, -0.1) is 0 Å². The third kappa shape index (κ3) is 3.10. The van der Waals surface area contributed by atoms with E-state index < -0.39 is 5.60 Å². The minimum absolute atomic E-state index is 0.0148. The second-order valence-electron chi connectivity index (χ2n) is 8.46. The van der Waals surface area contributed by atoms with Gasteiger partial charge in [-0.2, -0.15) is 0 Å². The quantitative estimate of drug-likeness (QED) is 0.832. The first-order chi connectivity index (χ1) is 14.6. The van der Waals surface area contributed by atoms with Gasteiger partial charge in [0.1, 0.15) is 5.75 Å². The summed E-state index contributed by atoms with van der Waals surface area (Å²) in [6, 6.07) is 13.0. The Bertz CT molecular complexity index is 960. The van der Waals surface area contributed by atoms with Crippen LogP contribution in [0.3, 0.4) is 0 Å². The maximum atomic E-state index is 13.7. The summed E-state index contributed by atoms with van der Waals surface area (Å²) < 4.78 is 16.5. The van der Waals surface area contributed by atoms with Crippen molar-refractivity contribution in [1.82, 2.24) is 4.90 Å². The van der Waals surface area contributed by atoms with E-state index in [0.717, 1.165) is 37.0 Å². The van der Waals surface area contributed by atoms with Crippen LogP contribution in [0.25, 0.3) is 0 Å². The van der Waals surface area contributed by atoms with Gasteiger partial charge in [-0.1, -0.05) is 31.0 Å². The molecular formula is C24H27NO5. The molecule has 1 N–H and O–H groups in total. The number of fused-ring (bicyclic) bond motifs is 2. The Labute approximate surface area is 176 Å². The Morgan fingerprint density at radius 1 is 1.13 bits per heavy atom. The number of carbonyl (C=O) groups is 1. The van der Waals surface area contributed by atoms with E-state index in [1.165, 1.54) is 0 Å². The number of hydrogen-bond donors (Lipinski definition) is 1. The van der Waals surface area contributed by atoms with Crippen LogP contribution in [0.15, 0.2) is 42.5 Å². The van der Waals surface area contributed by atoms with Crippen molar-refractivity contribution in [3.05, 3.63) is 53.6 Å². The molecule has 1 amide bonds. The Balaban J connectivity index is 1.57. The van der Waals surface area contributed by atoms with Gasteiger partial charge in [0, 0.05) is 12.5 Å². The first kappa shape index (κ1) is 19.2. The van der Waals surface area contributed by atoms with Gasteiger partial charge in [-0.05, 0) is 49.1 Å². The summed E-state index contributed by atoms with van der Waals surface area (Å²) >= 11 is 0. The first-order valence-electron chi connectivity index (χ1n) is 10.7. The maximum Gasteiger partial charge on any atom is 0.258 e. The minimum Gasteiger partial charge on any atom is -0.496 e. The van der Waals surface area contributed by atoms with Crippen molar-refractivity contribution in [2.24, 2.45) is 5.92 Å². The fourth-order valence-electron chi connectivity index (χ4n) is 5.40. The molecular weight excluding hydrogens is 382 g/mol. The lowest BCUT2D eigenvalue weighted by Crippen LogP contribution is -2.56. The molecule has 3 aliphatic rings. The highest BCUT2D eigenvalue weighted by Gasteiger charge is 2.50. The van der Waals surface area contributed by atoms with Gasteiger partial charge in [0.25, 0.3) is 5.91 Å². The van der Waals surface area contributed by atoms with Crippen LogP contribution < -0.4 is 14.2 Å². The number of likely N-dealkylation sites (tertiary alicyclic amines) is 1. The van der Waals surface area contributed by atoms with Crippen LogP contribution in [0.1, 0.15) is 54.1 Å². The number of para-hydroxylation sites is 1. The van der Waals surface area contributed by atoms with Gasteiger partial charge in [0.15, 0.2) is 11.5 Å². The lowest BCUT2D eigenvalue weighted by atomic mass is 9.66. The molecule has 6 heteroatoms. The van der Waals surface area contributed by atoms with Crippen LogP contribution in [0, 0.1) is 5.92 Å². The van der Waals surface area contributed by atoms with Crippen molar-refractivity contribution in [2.45, 2.75) is 43.7 Å². The number of rotatable bonds is 3. The fourth-order valence-corrected chi connectivity index (χ4v) is 5.40. The number of ether oxygens (including phenoxy) is 3. The molecule has 3 atom stereocenters. The molecule has 2 aliphatic heterocycles. The average molecular weight is 409 g/mol. The van der Waals surface area contributed by atoms with E-state index in [0.29, 0.717) is 30.0 Å². The summed E-state index contributed by atoms with van der Waals surface area (Å²) in [5, 5.41) is 11.5. The topological polar surface area (TPSA) is 68.2 Å². The largest absolute Gasteiger partial charge is 0.496 e. The van der Waals surface area contributed by atoms with E-state index in [2.05, 4.69) is 0 Å². The van der Waals surface area contributed by atoms with Crippen LogP contribution in [-0.4, -0.2) is 42.0 Å². The maximum absolute atomic E-state index is 13.7. The number of amides is 1. The molecule has 2 heterocycles. The first-order valence-corrected chi connectivity index (χ1v) is 10.7. The molecule has 1 aliphatic carbocycles. The number of nitrogens with zero attached hydrogens (tertiary/aromatic N) is 1. The molecule has 0 aromatic heterocycles. The zero-order valence-electron chi connectivity index (χ0n) is 17.2. The summed E-state index contributed by atoms with van der Waals surface area (Å²) in [6.07, 6.45) is 4.37. The van der Waals surface area contributed by atoms with Crippen molar-refractivity contribution < 1.29 is 24.1 Å². The normalized spacial score (nSPS) is 27.5. The molecule has 6 nitrogen and oxygen atoms in total. The van der Waals surface area contributed by atoms with E-state index >= 15 is 0 Å². The number of carbonyl (C=O) groups excluding carboxylic acids is 1. The third-order valence-corrected chi connectivity index (χ3v) is 6.90. The van der Waals surface area contributed by atoms with E-state index in [9.17, 15) is 9.90 Å². The van der Waals surface area contributed by atoms with Crippen molar-refractivity contribution in [1.29, 1.82) is 0 Å². The molecule has 158 valence electrons. The Hall–Kier alpha value is -2.73. The van der Waals surface area contributed by atoms with E-state index in [1.54, 1.807) is 13.2 Å². The van der Waals surface area contributed by atoms with E-state index in [-0.39, 0.29) is 24.7 Å². The minimum atomic E-state index is -0.739. The van der Waals surface area contributed by atoms with Crippen LogP contribution in [0.5, 0.6) is 17.2 Å². The summed E-state index contributed by atoms with van der Waals surface area (Å²) in [5.41, 5.74) is 0.788. The highest BCUT2D eigenvalue weighted by atomic mass is 16.7. The number of hydrogen-bond acceptors (Lipinski definition) is 5. The molecule has 30 heavy (non-hydrogen) atoms. The third-order valence-electron chi connectivity index (χ3n) is 6.90. The van der Waals surface area contributed by atoms with E-state index in [4.69, 9.17) is 14.2 Å².